The molecule has 2 rings (SSSR count). The zero-order valence-electron chi connectivity index (χ0n) is 8.03. The van der Waals surface area contributed by atoms with Gasteiger partial charge in [0.1, 0.15) is 0 Å². The fraction of sp³-hybridized carbons (Fsp3) is 1.00. The number of hydrogen-bond donors (Lipinski definition) is 2. The van der Waals surface area contributed by atoms with Crippen LogP contribution in [0, 0.1) is 5.41 Å². The van der Waals surface area contributed by atoms with Crippen LogP contribution in [0.2, 0.25) is 0 Å². The molecule has 1 unspecified atom stereocenters. The standard InChI is InChI=1S/C10H20N2/c1-10(4-5-10)8-11-7-9-3-2-6-12-9/h9,11-12H,2-8H2,1H3. The van der Waals surface area contributed by atoms with Gasteiger partial charge in [0.05, 0.1) is 0 Å². The van der Waals surface area contributed by atoms with Gasteiger partial charge in [-0.1, -0.05) is 6.92 Å². The average molecular weight is 168 g/mol. The van der Waals surface area contributed by atoms with E-state index in [9.17, 15) is 0 Å². The van der Waals surface area contributed by atoms with Crippen molar-refractivity contribution in [3.05, 3.63) is 0 Å². The number of hydrogen-bond acceptors (Lipinski definition) is 2. The zero-order valence-corrected chi connectivity index (χ0v) is 8.03. The van der Waals surface area contributed by atoms with Crippen LogP contribution in [-0.2, 0) is 0 Å². The summed E-state index contributed by atoms with van der Waals surface area (Å²) in [4.78, 5) is 0. The highest BCUT2D eigenvalue weighted by molar-refractivity contribution is 4.91. The Bertz CT molecular complexity index is 146. The molecule has 12 heavy (non-hydrogen) atoms. The minimum Gasteiger partial charge on any atom is -0.315 e. The summed E-state index contributed by atoms with van der Waals surface area (Å²) in [6.07, 6.45) is 5.59. The quantitative estimate of drug-likeness (QED) is 0.657. The molecule has 2 heteroatoms. The molecule has 1 heterocycles. The molecule has 0 aromatic heterocycles. The van der Waals surface area contributed by atoms with E-state index in [1.165, 1.54) is 45.3 Å². The third-order valence-corrected chi connectivity index (χ3v) is 3.21. The molecule has 1 saturated carbocycles. The summed E-state index contributed by atoms with van der Waals surface area (Å²) in [6, 6.07) is 0.757. The molecule has 70 valence electrons. The summed E-state index contributed by atoms with van der Waals surface area (Å²) in [7, 11) is 0. The first-order chi connectivity index (χ1) is 5.79. The maximum absolute atomic E-state index is 3.57. The Labute approximate surface area is 75.1 Å². The third kappa shape index (κ3) is 2.20. The molecule has 0 amide bonds. The van der Waals surface area contributed by atoms with Crippen LogP contribution in [0.1, 0.15) is 32.6 Å². The Morgan fingerprint density at radius 1 is 1.50 bits per heavy atom. The van der Waals surface area contributed by atoms with Crippen molar-refractivity contribution >= 4 is 0 Å². The highest BCUT2D eigenvalue weighted by Gasteiger charge is 2.36. The van der Waals surface area contributed by atoms with Crippen molar-refractivity contribution in [2.24, 2.45) is 5.41 Å². The van der Waals surface area contributed by atoms with Gasteiger partial charge in [0.2, 0.25) is 0 Å². The Morgan fingerprint density at radius 2 is 2.33 bits per heavy atom. The first kappa shape index (κ1) is 8.52. The molecule has 2 fully saturated rings. The van der Waals surface area contributed by atoms with Gasteiger partial charge in [0, 0.05) is 19.1 Å². The smallest absolute Gasteiger partial charge is 0.0192 e. The molecule has 0 spiro atoms. The topological polar surface area (TPSA) is 24.1 Å². The second kappa shape index (κ2) is 3.35. The first-order valence-electron chi connectivity index (χ1n) is 5.23. The van der Waals surface area contributed by atoms with Crippen LogP contribution in [0.25, 0.3) is 0 Å². The van der Waals surface area contributed by atoms with Crippen molar-refractivity contribution in [2.45, 2.75) is 38.6 Å². The van der Waals surface area contributed by atoms with Crippen molar-refractivity contribution in [3.63, 3.8) is 0 Å². The molecule has 0 bridgehead atoms. The van der Waals surface area contributed by atoms with Crippen LogP contribution in [0.5, 0.6) is 0 Å². The third-order valence-electron chi connectivity index (χ3n) is 3.21. The van der Waals surface area contributed by atoms with Crippen LogP contribution in [0.15, 0.2) is 0 Å². The van der Waals surface area contributed by atoms with E-state index in [0.717, 1.165) is 6.04 Å². The van der Waals surface area contributed by atoms with Gasteiger partial charge in [0.25, 0.3) is 0 Å². The van der Waals surface area contributed by atoms with Gasteiger partial charge in [-0.2, -0.15) is 0 Å². The van der Waals surface area contributed by atoms with Crippen molar-refractivity contribution in [3.8, 4) is 0 Å². The van der Waals surface area contributed by atoms with Crippen LogP contribution < -0.4 is 10.6 Å². The molecule has 0 aromatic carbocycles. The number of nitrogens with one attached hydrogen (secondary N) is 2. The molecule has 0 radical (unpaired) electrons. The molecule has 1 saturated heterocycles. The van der Waals surface area contributed by atoms with E-state index in [1.807, 2.05) is 0 Å². The predicted molar refractivity (Wildman–Crippen MR) is 51.2 cm³/mol. The highest BCUT2D eigenvalue weighted by Crippen LogP contribution is 2.43. The highest BCUT2D eigenvalue weighted by atomic mass is 15.0. The van der Waals surface area contributed by atoms with Gasteiger partial charge in [-0.15, -0.1) is 0 Å². The number of rotatable bonds is 4. The first-order valence-corrected chi connectivity index (χ1v) is 5.23. The Morgan fingerprint density at radius 3 is 2.92 bits per heavy atom. The van der Waals surface area contributed by atoms with E-state index in [1.54, 1.807) is 0 Å². The van der Waals surface area contributed by atoms with Gasteiger partial charge < -0.3 is 10.6 Å². The van der Waals surface area contributed by atoms with Crippen molar-refractivity contribution in [1.29, 1.82) is 0 Å². The van der Waals surface area contributed by atoms with E-state index in [2.05, 4.69) is 17.6 Å². The Hall–Kier alpha value is -0.0800. The van der Waals surface area contributed by atoms with Crippen LogP contribution >= 0.6 is 0 Å². The van der Waals surface area contributed by atoms with E-state index < -0.39 is 0 Å². The molecule has 1 atom stereocenters. The molecule has 2 N–H and O–H groups in total. The van der Waals surface area contributed by atoms with Crippen LogP contribution in [-0.4, -0.2) is 25.7 Å². The lowest BCUT2D eigenvalue weighted by atomic mass is 10.1. The normalized spacial score (nSPS) is 32.2. The summed E-state index contributed by atoms with van der Waals surface area (Å²) in [5, 5.41) is 7.07. The maximum Gasteiger partial charge on any atom is 0.0192 e. The minimum atomic E-state index is 0.665. The molecular formula is C10H20N2. The van der Waals surface area contributed by atoms with Crippen LogP contribution in [0.3, 0.4) is 0 Å². The summed E-state index contributed by atoms with van der Waals surface area (Å²) in [5.41, 5.74) is 0.665. The lowest BCUT2D eigenvalue weighted by Crippen LogP contribution is -2.36. The molecule has 1 aliphatic carbocycles. The van der Waals surface area contributed by atoms with E-state index in [-0.39, 0.29) is 0 Å². The molecule has 0 aromatic rings. The second-order valence-electron chi connectivity index (χ2n) is 4.73. The molecule has 2 aliphatic rings. The summed E-state index contributed by atoms with van der Waals surface area (Å²) in [5.74, 6) is 0. The Balaban J connectivity index is 1.56. The zero-order chi connectivity index (χ0) is 8.44. The van der Waals surface area contributed by atoms with E-state index in [4.69, 9.17) is 0 Å². The summed E-state index contributed by atoms with van der Waals surface area (Å²) < 4.78 is 0. The van der Waals surface area contributed by atoms with Gasteiger partial charge in [0.15, 0.2) is 0 Å². The second-order valence-corrected chi connectivity index (χ2v) is 4.73. The van der Waals surface area contributed by atoms with E-state index >= 15 is 0 Å². The summed E-state index contributed by atoms with van der Waals surface area (Å²) in [6.45, 7) is 6.01. The molecule has 1 aliphatic heterocycles. The predicted octanol–water partition coefficient (Wildman–Crippen LogP) is 1.13. The monoisotopic (exact) mass is 168 g/mol. The lowest BCUT2D eigenvalue weighted by molar-refractivity contribution is 0.461. The van der Waals surface area contributed by atoms with Crippen molar-refractivity contribution < 1.29 is 0 Å². The van der Waals surface area contributed by atoms with Gasteiger partial charge in [-0.3, -0.25) is 0 Å². The Kier molecular flexibility index (Phi) is 2.37. The maximum atomic E-state index is 3.57. The van der Waals surface area contributed by atoms with Gasteiger partial charge in [-0.05, 0) is 37.6 Å². The van der Waals surface area contributed by atoms with Crippen molar-refractivity contribution in [1.82, 2.24) is 10.6 Å². The largest absolute Gasteiger partial charge is 0.315 e. The lowest BCUT2D eigenvalue weighted by Gasteiger charge is -2.14. The SMILES string of the molecule is CC1(CNCC2CCCN2)CC1. The molecular weight excluding hydrogens is 148 g/mol. The van der Waals surface area contributed by atoms with E-state index in [0.29, 0.717) is 5.41 Å². The van der Waals surface area contributed by atoms with Crippen molar-refractivity contribution in [2.75, 3.05) is 19.6 Å². The van der Waals surface area contributed by atoms with Gasteiger partial charge in [-0.25, -0.2) is 0 Å². The minimum absolute atomic E-state index is 0.665. The fourth-order valence-corrected chi connectivity index (χ4v) is 1.87. The summed E-state index contributed by atoms with van der Waals surface area (Å²) >= 11 is 0. The fourth-order valence-electron chi connectivity index (χ4n) is 1.87. The van der Waals surface area contributed by atoms with Crippen LogP contribution in [0.4, 0.5) is 0 Å². The van der Waals surface area contributed by atoms with Gasteiger partial charge >= 0.3 is 0 Å². The average Bonchev–Trinajstić information content (AvgIpc) is 2.61. The molecule has 2 nitrogen and oxygen atoms in total.